The summed E-state index contributed by atoms with van der Waals surface area (Å²) in [6, 6.07) is 19.8. The molecule has 3 aromatic carbocycles. The van der Waals surface area contributed by atoms with Crippen LogP contribution >= 0.6 is 17.6 Å². The maximum absolute atomic E-state index is 5.57. The number of hydrogen-bond donors (Lipinski definition) is 0. The van der Waals surface area contributed by atoms with Gasteiger partial charge in [-0.05, 0) is 126 Å². The normalized spacial score (nSPS) is 20.9. The van der Waals surface area contributed by atoms with E-state index in [0.717, 1.165) is 30.1 Å². The zero-order chi connectivity index (χ0) is 35.9. The van der Waals surface area contributed by atoms with Crippen LogP contribution in [-0.2, 0) is 15.7 Å². The third-order valence-electron chi connectivity index (χ3n) is 12.0. The van der Waals surface area contributed by atoms with Crippen molar-refractivity contribution in [3.05, 3.63) is 105 Å². The molecule has 1 aliphatic heterocycles. The van der Waals surface area contributed by atoms with Gasteiger partial charge in [-0.1, -0.05) is 88.3 Å². The first-order chi connectivity index (χ1) is 24.8. The summed E-state index contributed by atoms with van der Waals surface area (Å²) in [5.74, 6) is 1.60. The van der Waals surface area contributed by atoms with Crippen LogP contribution in [0.15, 0.2) is 66.0 Å². The number of nitrogens with zero attached hydrogens (tertiary/aromatic N) is 2. The van der Waals surface area contributed by atoms with Crippen molar-refractivity contribution in [2.75, 3.05) is 22.9 Å². The first-order valence-electron chi connectivity index (χ1n) is 20.1. The van der Waals surface area contributed by atoms with E-state index in [2.05, 4.69) is 92.3 Å². The Balaban J connectivity index is 0.000000435. The van der Waals surface area contributed by atoms with Crippen molar-refractivity contribution in [1.82, 2.24) is 0 Å². The monoisotopic (exact) mass is 811 g/mol. The molecule has 3 aliphatic carbocycles. The SMILES string of the molecule is Cc1cc(C)c(N2CCN(c3c(C)cc(C)cc3C)C2=C2CCCCC2P(C2CCCCC2)C2CCCCC2)c(C)c1.[Cl][Ru]=[CH]c1ccccc1. The number of hydrogen-bond acceptors (Lipinski definition) is 2. The van der Waals surface area contributed by atoms with Gasteiger partial charge in [-0.15, -0.1) is 0 Å². The Morgan fingerprint density at radius 3 is 1.51 bits per heavy atom. The van der Waals surface area contributed by atoms with E-state index in [1.54, 1.807) is 5.82 Å². The van der Waals surface area contributed by atoms with Crippen molar-refractivity contribution in [1.29, 1.82) is 0 Å². The van der Waals surface area contributed by atoms with Gasteiger partial charge in [0.05, 0.1) is 0 Å². The molecule has 0 aromatic heterocycles. The molecule has 1 heterocycles. The number of allylic oxidation sites excluding steroid dienone is 1. The molecule has 3 aromatic rings. The van der Waals surface area contributed by atoms with Gasteiger partial charge in [0.2, 0.25) is 0 Å². The summed E-state index contributed by atoms with van der Waals surface area (Å²) in [7, 11) is 5.57. The number of aryl methyl sites for hydroxylation is 6. The zero-order valence-electron chi connectivity index (χ0n) is 32.4. The topological polar surface area (TPSA) is 6.48 Å². The Morgan fingerprint density at radius 2 is 1.06 bits per heavy atom. The van der Waals surface area contributed by atoms with Crippen molar-refractivity contribution in [3.63, 3.8) is 0 Å². The van der Waals surface area contributed by atoms with Crippen LogP contribution in [0.5, 0.6) is 0 Å². The predicted molar refractivity (Wildman–Crippen MR) is 223 cm³/mol. The van der Waals surface area contributed by atoms with Gasteiger partial charge in [-0.25, -0.2) is 0 Å². The van der Waals surface area contributed by atoms with Crippen LogP contribution < -0.4 is 9.80 Å². The minimum atomic E-state index is -0.0765. The van der Waals surface area contributed by atoms with E-state index < -0.39 is 0 Å². The summed E-state index contributed by atoms with van der Waals surface area (Å²) >= 11 is -0.0765. The molecule has 277 valence electrons. The summed E-state index contributed by atoms with van der Waals surface area (Å²) in [5, 5.41) is 0. The van der Waals surface area contributed by atoms with Crippen molar-refractivity contribution in [3.8, 4) is 0 Å². The zero-order valence-corrected chi connectivity index (χ0v) is 35.8. The second-order valence-electron chi connectivity index (χ2n) is 16.0. The van der Waals surface area contributed by atoms with Crippen LogP contribution in [0.3, 0.4) is 0 Å². The molecule has 0 bridgehead atoms. The molecule has 7 rings (SSSR count). The van der Waals surface area contributed by atoms with Crippen LogP contribution in [0, 0.1) is 41.5 Å². The van der Waals surface area contributed by atoms with Gasteiger partial charge in [-0.3, -0.25) is 0 Å². The Hall–Kier alpha value is -1.79. The molecule has 1 saturated heterocycles. The van der Waals surface area contributed by atoms with E-state index in [0.29, 0.717) is 0 Å². The van der Waals surface area contributed by atoms with Crippen molar-refractivity contribution in [2.45, 2.75) is 148 Å². The minimum absolute atomic E-state index is 0.00137. The summed E-state index contributed by atoms with van der Waals surface area (Å²) < 4.78 is 2.06. The van der Waals surface area contributed by atoms with E-state index in [1.807, 2.05) is 23.8 Å². The van der Waals surface area contributed by atoms with E-state index in [4.69, 9.17) is 9.69 Å². The molecule has 0 N–H and O–H groups in total. The van der Waals surface area contributed by atoms with Gasteiger partial charge in [0.1, 0.15) is 5.82 Å². The molecule has 5 heteroatoms. The number of rotatable bonds is 6. The standard InChI is InChI=1S/C39H57N2P.C7H6.ClH.Ru/c1-27-23-29(3)37(30(4)24-27)40-21-22-41(38-31(5)25-28(2)26-32(38)6)39(40)35-19-13-14-20-36(35)42(33-15-9-7-10-16-33)34-17-11-8-12-18-34;1-7-5-3-2-4-6-7;;/h23-26,33-34,36H,7-22H2,1-6H3;1-6H;1H;/q;;;+1/p-1. The van der Waals surface area contributed by atoms with Crippen LogP contribution in [0.25, 0.3) is 0 Å². The van der Waals surface area contributed by atoms with Crippen LogP contribution in [0.4, 0.5) is 11.4 Å². The third-order valence-corrected chi connectivity index (χ3v) is 17.3. The Labute approximate surface area is 323 Å². The average molecular weight is 812 g/mol. The van der Waals surface area contributed by atoms with E-state index in [-0.39, 0.29) is 23.6 Å². The molecule has 1 unspecified atom stereocenters. The second kappa shape index (κ2) is 18.5. The molecule has 0 spiro atoms. The van der Waals surface area contributed by atoms with Gasteiger partial charge in [0.15, 0.2) is 0 Å². The molecular formula is C46H63ClN2PRu. The third kappa shape index (κ3) is 9.30. The quantitative estimate of drug-likeness (QED) is 0.181. The number of anilines is 2. The fourth-order valence-corrected chi connectivity index (χ4v) is 16.0. The molecule has 4 fully saturated rings. The van der Waals surface area contributed by atoms with Crippen molar-refractivity contribution < 1.29 is 15.7 Å². The van der Waals surface area contributed by atoms with Crippen LogP contribution in [0.1, 0.15) is 129 Å². The van der Waals surface area contributed by atoms with Crippen molar-refractivity contribution in [2.24, 2.45) is 0 Å². The van der Waals surface area contributed by atoms with Gasteiger partial charge in [0, 0.05) is 30.1 Å². The summed E-state index contributed by atoms with van der Waals surface area (Å²) in [4.78, 5) is 5.62. The van der Waals surface area contributed by atoms with Gasteiger partial charge >= 0.3 is 65.9 Å². The molecule has 4 aliphatic rings. The van der Waals surface area contributed by atoms with Gasteiger partial charge in [0.25, 0.3) is 0 Å². The molecular weight excluding hydrogens is 748 g/mol. The van der Waals surface area contributed by atoms with Crippen LogP contribution in [-0.4, -0.2) is 34.7 Å². The second-order valence-corrected chi connectivity index (χ2v) is 20.8. The van der Waals surface area contributed by atoms with Gasteiger partial charge in [-0.2, -0.15) is 0 Å². The Bertz CT molecular complexity index is 1540. The van der Waals surface area contributed by atoms with Crippen LogP contribution in [0.2, 0.25) is 0 Å². The fourth-order valence-electron chi connectivity index (χ4n) is 10.3. The summed E-state index contributed by atoms with van der Waals surface area (Å²) in [6.07, 6.45) is 20.5. The molecule has 51 heavy (non-hydrogen) atoms. The first kappa shape index (κ1) is 38.9. The number of benzene rings is 3. The van der Waals surface area contributed by atoms with E-state index in [9.17, 15) is 0 Å². The predicted octanol–water partition coefficient (Wildman–Crippen LogP) is 13.2. The Morgan fingerprint density at radius 1 is 0.608 bits per heavy atom. The molecule has 0 amide bonds. The van der Waals surface area contributed by atoms with Crippen molar-refractivity contribution >= 4 is 33.6 Å². The molecule has 0 radical (unpaired) electrons. The maximum atomic E-state index is 5.57. The number of halogens is 1. The van der Waals surface area contributed by atoms with E-state index >= 15 is 0 Å². The average Bonchev–Trinajstić information content (AvgIpc) is 3.53. The summed E-state index contributed by atoms with van der Waals surface area (Å²) in [5.41, 5.74) is 17.4. The molecule has 3 saturated carbocycles. The first-order valence-corrected chi connectivity index (χ1v) is 24.9. The fraction of sp³-hybridized carbons (Fsp3) is 0.543. The molecule has 2 nitrogen and oxygen atoms in total. The summed E-state index contributed by atoms with van der Waals surface area (Å²) in [6.45, 7) is 16.1. The Kier molecular flexibility index (Phi) is 14.1. The molecule has 1 atom stereocenters. The van der Waals surface area contributed by atoms with Gasteiger partial charge < -0.3 is 9.80 Å². The van der Waals surface area contributed by atoms with E-state index in [1.165, 1.54) is 140 Å².